The average molecular weight is 571 g/mol. The zero-order valence-corrected chi connectivity index (χ0v) is 23.6. The van der Waals surface area contributed by atoms with Crippen LogP contribution in [0.5, 0.6) is 0 Å². The van der Waals surface area contributed by atoms with Crippen LogP contribution in [-0.2, 0) is 9.53 Å². The van der Waals surface area contributed by atoms with Crippen molar-refractivity contribution in [3.63, 3.8) is 0 Å². The Balaban J connectivity index is 1.54. The Hall–Kier alpha value is -5.14. The van der Waals surface area contributed by atoms with E-state index in [1.54, 1.807) is 49.4 Å². The molecule has 206 valence electrons. The van der Waals surface area contributed by atoms with Gasteiger partial charge < -0.3 is 9.30 Å². The first-order valence-corrected chi connectivity index (χ1v) is 14.3. The van der Waals surface area contributed by atoms with E-state index in [1.807, 2.05) is 84.9 Å². The fraction of sp³-hybridized carbons (Fsp3) is 0.0571. The van der Waals surface area contributed by atoms with Crippen LogP contribution in [0.1, 0.15) is 22.8 Å². The number of imide groups is 1. The molecule has 4 aromatic carbocycles. The molecule has 7 heteroatoms. The van der Waals surface area contributed by atoms with Crippen LogP contribution in [-0.4, -0.2) is 28.3 Å². The third-order valence-electron chi connectivity index (χ3n) is 6.88. The number of anilines is 1. The molecule has 1 aliphatic heterocycles. The zero-order chi connectivity index (χ0) is 29.1. The number of benzene rings is 4. The molecule has 0 aliphatic carbocycles. The van der Waals surface area contributed by atoms with Crippen LogP contribution >= 0.6 is 11.8 Å². The van der Waals surface area contributed by atoms with Gasteiger partial charge in [-0.05, 0) is 78.4 Å². The maximum atomic E-state index is 13.5. The van der Waals surface area contributed by atoms with Crippen LogP contribution in [0.3, 0.4) is 0 Å². The molecule has 6 nitrogen and oxygen atoms in total. The van der Waals surface area contributed by atoms with Crippen LogP contribution < -0.4 is 4.90 Å². The highest BCUT2D eigenvalue weighted by Crippen LogP contribution is 2.41. The quantitative estimate of drug-likeness (QED) is 0.146. The van der Waals surface area contributed by atoms with Crippen LogP contribution in [0.25, 0.3) is 34.3 Å². The molecule has 1 fully saturated rings. The van der Waals surface area contributed by atoms with Crippen molar-refractivity contribution in [2.24, 2.45) is 0 Å². The van der Waals surface area contributed by atoms with Crippen molar-refractivity contribution in [3.8, 4) is 28.2 Å². The van der Waals surface area contributed by atoms with E-state index in [9.17, 15) is 14.4 Å². The normalized spacial score (nSPS) is 14.0. The highest BCUT2D eigenvalue weighted by atomic mass is 32.2. The summed E-state index contributed by atoms with van der Waals surface area (Å²) in [5.41, 5.74) is 6.27. The van der Waals surface area contributed by atoms with Crippen LogP contribution in [0.4, 0.5) is 10.5 Å². The Morgan fingerprint density at radius 2 is 1.36 bits per heavy atom. The molecule has 0 bridgehead atoms. The Labute approximate surface area is 247 Å². The summed E-state index contributed by atoms with van der Waals surface area (Å²) >= 11 is 0.930. The summed E-state index contributed by atoms with van der Waals surface area (Å²) in [7, 11) is 0. The number of hydrogen-bond acceptors (Lipinski definition) is 5. The maximum absolute atomic E-state index is 13.5. The number of hydrogen-bond donors (Lipinski definition) is 0. The Kier molecular flexibility index (Phi) is 7.58. The Bertz CT molecular complexity index is 1800. The Morgan fingerprint density at radius 1 is 0.762 bits per heavy atom. The van der Waals surface area contributed by atoms with Gasteiger partial charge in [0.25, 0.3) is 11.1 Å². The molecule has 1 aromatic heterocycles. The fourth-order valence-electron chi connectivity index (χ4n) is 4.99. The molecule has 42 heavy (non-hydrogen) atoms. The number of rotatable bonds is 7. The number of amides is 2. The molecule has 1 saturated heterocycles. The highest BCUT2D eigenvalue weighted by molar-refractivity contribution is 8.19. The molecule has 6 rings (SSSR count). The van der Waals surface area contributed by atoms with Crippen molar-refractivity contribution >= 4 is 40.6 Å². The van der Waals surface area contributed by atoms with Gasteiger partial charge in [0.05, 0.1) is 34.2 Å². The van der Waals surface area contributed by atoms with Crippen molar-refractivity contribution < 1.29 is 19.1 Å². The summed E-state index contributed by atoms with van der Waals surface area (Å²) in [6.45, 7) is 2.08. The summed E-state index contributed by atoms with van der Waals surface area (Å²) in [5.74, 6) is -0.735. The second-order valence-corrected chi connectivity index (χ2v) is 10.5. The number of carbonyl (C=O) groups is 3. The predicted molar refractivity (Wildman–Crippen MR) is 167 cm³/mol. The van der Waals surface area contributed by atoms with E-state index in [0.29, 0.717) is 22.8 Å². The average Bonchev–Trinajstić information content (AvgIpc) is 3.54. The summed E-state index contributed by atoms with van der Waals surface area (Å²) in [5, 5.41) is -0.337. The lowest BCUT2D eigenvalue weighted by Crippen LogP contribution is -2.27. The fourth-order valence-corrected chi connectivity index (χ4v) is 5.82. The first kappa shape index (κ1) is 27.1. The van der Waals surface area contributed by atoms with Gasteiger partial charge in [-0.2, -0.15) is 0 Å². The molecule has 5 aromatic rings. The predicted octanol–water partition coefficient (Wildman–Crippen LogP) is 8.23. The number of para-hydroxylation sites is 1. The topological polar surface area (TPSA) is 68.6 Å². The number of carbonyl (C=O) groups excluding carboxylic acids is 3. The van der Waals surface area contributed by atoms with Gasteiger partial charge in [0, 0.05) is 11.3 Å². The van der Waals surface area contributed by atoms with Gasteiger partial charge in [-0.3, -0.25) is 9.59 Å². The molecule has 1 aliphatic rings. The van der Waals surface area contributed by atoms with Gasteiger partial charge in [0.1, 0.15) is 0 Å². The molecule has 0 spiro atoms. The van der Waals surface area contributed by atoms with Crippen LogP contribution in [0.2, 0.25) is 0 Å². The molecule has 0 saturated carbocycles. The number of esters is 1. The van der Waals surface area contributed by atoms with Crippen molar-refractivity contribution in [3.05, 3.63) is 137 Å². The van der Waals surface area contributed by atoms with Crippen LogP contribution in [0.15, 0.2) is 126 Å². The molecular weight excluding hydrogens is 544 g/mol. The van der Waals surface area contributed by atoms with E-state index in [0.717, 1.165) is 45.5 Å². The minimum absolute atomic E-state index is 0.299. The molecule has 0 atom stereocenters. The maximum Gasteiger partial charge on any atom is 0.338 e. The smallest absolute Gasteiger partial charge is 0.338 e. The molecule has 0 unspecified atom stereocenters. The van der Waals surface area contributed by atoms with E-state index in [2.05, 4.69) is 4.57 Å². The van der Waals surface area contributed by atoms with Crippen molar-refractivity contribution in [1.82, 2.24) is 4.57 Å². The summed E-state index contributed by atoms with van der Waals surface area (Å²) < 4.78 is 7.30. The minimum Gasteiger partial charge on any atom is -0.462 e. The van der Waals surface area contributed by atoms with E-state index < -0.39 is 0 Å². The van der Waals surface area contributed by atoms with Crippen molar-refractivity contribution in [2.75, 3.05) is 11.5 Å². The third-order valence-corrected chi connectivity index (χ3v) is 7.75. The second-order valence-electron chi connectivity index (χ2n) is 9.52. The Morgan fingerprint density at radius 3 is 1.98 bits per heavy atom. The largest absolute Gasteiger partial charge is 0.462 e. The zero-order valence-electron chi connectivity index (χ0n) is 22.8. The van der Waals surface area contributed by atoms with Gasteiger partial charge in [-0.15, -0.1) is 0 Å². The third kappa shape index (κ3) is 5.18. The summed E-state index contributed by atoms with van der Waals surface area (Å²) in [6.07, 6.45) is 1.80. The van der Waals surface area contributed by atoms with Gasteiger partial charge in [0.2, 0.25) is 0 Å². The van der Waals surface area contributed by atoms with E-state index in [4.69, 9.17) is 4.74 Å². The van der Waals surface area contributed by atoms with Gasteiger partial charge in [-0.25, -0.2) is 9.69 Å². The molecule has 2 heterocycles. The van der Waals surface area contributed by atoms with E-state index in [-0.39, 0.29) is 17.1 Å². The molecule has 2 amide bonds. The first-order valence-electron chi connectivity index (χ1n) is 13.5. The number of nitrogens with zero attached hydrogens (tertiary/aromatic N) is 2. The monoisotopic (exact) mass is 570 g/mol. The first-order chi connectivity index (χ1) is 20.5. The second kappa shape index (κ2) is 11.8. The molecule has 0 radical (unpaired) electrons. The lowest BCUT2D eigenvalue weighted by atomic mass is 10.1. The number of thioether (sulfide) groups is 1. The summed E-state index contributed by atoms with van der Waals surface area (Å²) in [6, 6.07) is 38.1. The van der Waals surface area contributed by atoms with Gasteiger partial charge >= 0.3 is 5.97 Å². The van der Waals surface area contributed by atoms with E-state index >= 15 is 0 Å². The van der Waals surface area contributed by atoms with Crippen LogP contribution in [0, 0.1) is 0 Å². The summed E-state index contributed by atoms with van der Waals surface area (Å²) in [4.78, 5) is 40.4. The number of aromatic nitrogens is 1. The minimum atomic E-state index is -0.377. The number of ether oxygens (including phenoxy) is 1. The lowest BCUT2D eigenvalue weighted by molar-refractivity contribution is -0.113. The van der Waals surface area contributed by atoms with E-state index in [1.165, 1.54) is 4.90 Å². The van der Waals surface area contributed by atoms with Crippen molar-refractivity contribution in [2.45, 2.75) is 6.92 Å². The highest BCUT2D eigenvalue weighted by Gasteiger charge is 2.36. The van der Waals surface area contributed by atoms with Gasteiger partial charge in [-0.1, -0.05) is 78.9 Å². The lowest BCUT2D eigenvalue weighted by Gasteiger charge is -2.15. The van der Waals surface area contributed by atoms with Gasteiger partial charge in [0.15, 0.2) is 0 Å². The SMILES string of the molecule is CCOC(=O)c1ccc(-n2c(-c3ccccc3)cc(/C=C3/SC(=O)N(c4ccccc4)C3=O)c2-c2ccccc2)cc1. The van der Waals surface area contributed by atoms with Crippen molar-refractivity contribution in [1.29, 1.82) is 0 Å². The molecule has 0 N–H and O–H groups in total. The molecular formula is C35H26N2O4S. The standard InChI is InChI=1S/C35H26N2O4S/c1-2-41-34(39)26-18-20-29(21-19-26)36-30(24-12-6-3-7-13-24)22-27(32(36)25-14-8-4-9-15-25)23-31-33(38)37(35(40)42-31)28-16-10-5-11-17-28/h3-23H,2H2,1H3/b31-23+.